The lowest BCUT2D eigenvalue weighted by atomic mass is 8.57. The van der Waals surface area contributed by atoms with Gasteiger partial charge in [0.2, 0.25) is 0 Å². The van der Waals surface area contributed by atoms with Gasteiger partial charge < -0.3 is 10.1 Å². The molecule has 0 aromatic carbocycles. The van der Waals surface area contributed by atoms with Crippen LogP contribution in [-0.2, 0) is 6.54 Å². The molecule has 3 heterocycles. The van der Waals surface area contributed by atoms with Crippen molar-refractivity contribution in [3.63, 3.8) is 0 Å². The van der Waals surface area contributed by atoms with Crippen molar-refractivity contribution in [1.82, 2.24) is 19.4 Å². The van der Waals surface area contributed by atoms with Crippen LogP contribution in [0.25, 0.3) is 0 Å². The number of nitrogens with zero attached hydrogens (tertiary/aromatic N) is 5. The Morgan fingerprint density at radius 3 is 2.58 bits per heavy atom. The second kappa shape index (κ2) is 10.9. The van der Waals surface area contributed by atoms with Crippen molar-refractivity contribution in [2.45, 2.75) is 32.0 Å². The topological polar surface area (TPSA) is 67.4 Å². The zero-order valence-electron chi connectivity index (χ0n) is 20.4. The van der Waals surface area contributed by atoms with Crippen LogP contribution in [0.1, 0.15) is 13.3 Å². The van der Waals surface area contributed by atoms with E-state index in [1.54, 1.807) is 10.8 Å². The highest BCUT2D eigenvalue weighted by Crippen LogP contribution is 2.40. The van der Waals surface area contributed by atoms with Crippen LogP contribution in [0.5, 0.6) is 0 Å². The van der Waals surface area contributed by atoms with Gasteiger partial charge in [0.15, 0.2) is 0 Å². The van der Waals surface area contributed by atoms with Crippen LogP contribution < -0.4 is 0 Å². The fourth-order valence-electron chi connectivity index (χ4n) is 5.91. The molecule has 17 heteroatoms. The Morgan fingerprint density at radius 1 is 1.23 bits per heavy atom. The van der Waals surface area contributed by atoms with E-state index in [4.69, 9.17) is 0 Å². The minimum atomic E-state index is -0.397. The number of nitro groups is 1. The Balaban J connectivity index is 1.47. The lowest BCUT2D eigenvalue weighted by Crippen LogP contribution is -2.63. The maximum atomic E-state index is 11.1. The summed E-state index contributed by atoms with van der Waals surface area (Å²) in [4.78, 5) is 19.8. The average molecular weight is 412 g/mol. The van der Waals surface area contributed by atoms with Gasteiger partial charge in [-0.2, -0.15) is 0 Å². The number of aromatic nitrogens is 2. The molecule has 0 saturated carbocycles. The van der Waals surface area contributed by atoms with Crippen LogP contribution in [-0.4, -0.2) is 128 Å². The molecule has 0 radical (unpaired) electrons. The predicted octanol–water partition coefficient (Wildman–Crippen LogP) is -4.79. The molecule has 0 aliphatic carbocycles. The Bertz CT molecular complexity index is 742. The summed E-state index contributed by atoms with van der Waals surface area (Å²) in [5, 5.41) is 11.1. The molecular formula is C14H33B10N5O2. The van der Waals surface area contributed by atoms with Crippen LogP contribution in [0.3, 0.4) is 0 Å². The molecule has 7 nitrogen and oxygen atoms in total. The van der Waals surface area contributed by atoms with Gasteiger partial charge in [-0.05, 0) is 23.8 Å². The highest BCUT2D eigenvalue weighted by Gasteiger charge is 2.50. The van der Waals surface area contributed by atoms with Crippen molar-refractivity contribution >= 4 is 76.8 Å². The number of hydrogen-bond acceptors (Lipinski definition) is 5. The molecular weight excluding hydrogens is 378 g/mol. The first-order valence-corrected chi connectivity index (χ1v) is 12.3. The first kappa shape index (κ1) is 24.8. The molecule has 0 spiro atoms. The maximum absolute atomic E-state index is 11.1. The molecule has 2 aliphatic rings. The molecule has 3 rings (SSSR count). The summed E-state index contributed by atoms with van der Waals surface area (Å²) in [6.45, 7) is 9.28. The summed E-state index contributed by atoms with van der Waals surface area (Å²) in [6.07, 6.45) is 9.00. The number of imidazole rings is 1. The van der Waals surface area contributed by atoms with Crippen molar-refractivity contribution < 1.29 is 4.92 Å². The molecule has 0 N–H and O–H groups in total. The van der Waals surface area contributed by atoms with E-state index < -0.39 is 4.92 Å². The van der Waals surface area contributed by atoms with E-state index in [0.717, 1.165) is 57.7 Å². The SMILES string of the molecule is BB(B)B(B)B(B(B)B)B1CC1CN1CCCN(CC(C)Cn2ccnc2[N+](=O)[O-])C1. The molecule has 2 atom stereocenters. The van der Waals surface area contributed by atoms with Crippen molar-refractivity contribution in [3.8, 4) is 0 Å². The predicted molar refractivity (Wildman–Crippen MR) is 151 cm³/mol. The molecule has 2 fully saturated rings. The summed E-state index contributed by atoms with van der Waals surface area (Å²) >= 11 is 0. The molecule has 156 valence electrons. The first-order chi connectivity index (χ1) is 14.7. The highest BCUT2D eigenvalue weighted by molar-refractivity contribution is 8.01. The second-order valence-corrected chi connectivity index (χ2v) is 11.0. The largest absolute Gasteiger partial charge is 0.434 e. The quantitative estimate of drug-likeness (QED) is 0.208. The fourth-order valence-corrected chi connectivity index (χ4v) is 5.91. The molecule has 31 heavy (non-hydrogen) atoms. The average Bonchev–Trinajstić information content (AvgIpc) is 3.24. The van der Waals surface area contributed by atoms with Crippen molar-refractivity contribution in [2.75, 3.05) is 32.8 Å². The summed E-state index contributed by atoms with van der Waals surface area (Å²) < 4.78 is 1.67. The van der Waals surface area contributed by atoms with Crippen molar-refractivity contribution in [2.24, 2.45) is 5.92 Å². The molecule has 0 bridgehead atoms. The van der Waals surface area contributed by atoms with Crippen molar-refractivity contribution in [1.29, 1.82) is 0 Å². The van der Waals surface area contributed by atoms with Gasteiger partial charge in [-0.15, -0.1) is 0 Å². The third kappa shape index (κ3) is 6.59. The van der Waals surface area contributed by atoms with Gasteiger partial charge in [-0.3, -0.25) is 9.80 Å². The van der Waals surface area contributed by atoms with Crippen molar-refractivity contribution in [3.05, 3.63) is 22.5 Å². The van der Waals surface area contributed by atoms with Gasteiger partial charge in [0, 0.05) is 45.2 Å². The fraction of sp³-hybridized carbons (Fsp3) is 0.786. The van der Waals surface area contributed by atoms with Gasteiger partial charge in [0.05, 0.1) is 58.5 Å². The van der Waals surface area contributed by atoms with Crippen LogP contribution in [0.15, 0.2) is 12.4 Å². The number of hydrogen-bond donors (Lipinski definition) is 0. The van der Waals surface area contributed by atoms with Crippen LogP contribution in [0, 0.1) is 16.0 Å². The molecule has 2 unspecified atom stereocenters. The van der Waals surface area contributed by atoms with E-state index in [2.05, 4.69) is 60.4 Å². The lowest BCUT2D eigenvalue weighted by molar-refractivity contribution is -0.396. The molecule has 2 aliphatic heterocycles. The standard InChI is InChI=1S/C14H33B10N5O2/c1-12(9-28-6-3-25-14(28)29(30)31)8-26-4-2-5-27(11-26)10-13-7-20(13)24(22(17)18)23(19)21(15)16/h3,6,12-13H,2,4-5,7-11,15-19H2,1H3. The third-order valence-electron chi connectivity index (χ3n) is 7.68. The third-order valence-corrected chi connectivity index (χ3v) is 7.68. The van der Waals surface area contributed by atoms with Gasteiger partial charge in [-0.25, -0.2) is 4.57 Å². The zero-order chi connectivity index (χ0) is 22.7. The zero-order valence-corrected chi connectivity index (χ0v) is 20.4. The second-order valence-electron chi connectivity index (χ2n) is 11.0. The Kier molecular flexibility index (Phi) is 8.70. The first-order valence-electron chi connectivity index (χ1n) is 12.3. The van der Waals surface area contributed by atoms with Crippen LogP contribution in [0.2, 0.25) is 12.1 Å². The summed E-state index contributed by atoms with van der Waals surface area (Å²) in [7, 11) is 12.0. The van der Waals surface area contributed by atoms with E-state index >= 15 is 0 Å². The van der Waals surface area contributed by atoms with E-state index in [0.29, 0.717) is 12.5 Å². The Labute approximate surface area is 194 Å². The molecule has 1 aromatic heterocycles. The lowest BCUT2D eigenvalue weighted by Gasteiger charge is -2.37. The minimum absolute atomic E-state index is 0.0535. The van der Waals surface area contributed by atoms with Gasteiger partial charge in [-0.1, -0.05) is 24.0 Å². The van der Waals surface area contributed by atoms with Crippen LogP contribution in [0.4, 0.5) is 5.95 Å². The van der Waals surface area contributed by atoms with E-state index in [1.165, 1.54) is 32.0 Å². The Morgan fingerprint density at radius 2 is 1.94 bits per heavy atom. The Hall–Kier alpha value is -0.821. The van der Waals surface area contributed by atoms with Gasteiger partial charge in [0.1, 0.15) is 12.4 Å². The minimum Gasteiger partial charge on any atom is -0.390 e. The molecule has 2 saturated heterocycles. The van der Waals surface area contributed by atoms with Crippen LogP contribution >= 0.6 is 0 Å². The van der Waals surface area contributed by atoms with Gasteiger partial charge >= 0.3 is 5.95 Å². The summed E-state index contributed by atoms with van der Waals surface area (Å²) in [5.41, 5.74) is 0. The highest BCUT2D eigenvalue weighted by atomic mass is 16.6. The summed E-state index contributed by atoms with van der Waals surface area (Å²) in [6, 6.07) is 0. The molecule has 1 aromatic rings. The monoisotopic (exact) mass is 413 g/mol. The van der Waals surface area contributed by atoms with E-state index in [-0.39, 0.29) is 5.95 Å². The number of rotatable bonds is 11. The van der Waals surface area contributed by atoms with E-state index in [1.807, 2.05) is 0 Å². The van der Waals surface area contributed by atoms with E-state index in [9.17, 15) is 10.1 Å². The molecule has 0 amide bonds. The van der Waals surface area contributed by atoms with Gasteiger partial charge in [0.25, 0.3) is 0 Å². The maximum Gasteiger partial charge on any atom is 0.434 e. The normalized spacial score (nSPS) is 20.3. The smallest absolute Gasteiger partial charge is 0.390 e. The summed E-state index contributed by atoms with van der Waals surface area (Å²) in [5.74, 6) is 1.15.